The number of carbonyl (C=O) groups is 1. The van der Waals surface area contributed by atoms with Gasteiger partial charge in [-0.05, 0) is 68.0 Å². The van der Waals surface area contributed by atoms with E-state index in [-0.39, 0.29) is 12.1 Å². The van der Waals surface area contributed by atoms with Gasteiger partial charge in [0, 0.05) is 10.4 Å². The van der Waals surface area contributed by atoms with Crippen LogP contribution in [0.1, 0.15) is 42.8 Å². The zero-order valence-electron chi connectivity index (χ0n) is 15.3. The van der Waals surface area contributed by atoms with Gasteiger partial charge in [-0.2, -0.15) is 0 Å². The second-order valence-corrected chi connectivity index (χ2v) is 8.46. The van der Waals surface area contributed by atoms with E-state index in [0.717, 1.165) is 28.3 Å². The molecule has 0 bridgehead atoms. The Bertz CT molecular complexity index is 881. The number of methoxy groups -OCH3 is 1. The van der Waals surface area contributed by atoms with Crippen LogP contribution in [0.25, 0.3) is 5.70 Å². The Morgan fingerprint density at radius 2 is 2.12 bits per heavy atom. The first-order valence-electron chi connectivity index (χ1n) is 8.60. The zero-order chi connectivity index (χ0) is 18.5. The van der Waals surface area contributed by atoms with Crippen molar-refractivity contribution in [2.45, 2.75) is 38.8 Å². The van der Waals surface area contributed by atoms with Crippen LogP contribution in [0.2, 0.25) is 0 Å². The molecule has 136 valence electrons. The van der Waals surface area contributed by atoms with Crippen molar-refractivity contribution in [1.29, 1.82) is 0 Å². The molecule has 1 aliphatic heterocycles. The van der Waals surface area contributed by atoms with Gasteiger partial charge in [-0.25, -0.2) is 9.80 Å². The molecule has 5 nitrogen and oxygen atoms in total. The van der Waals surface area contributed by atoms with Crippen molar-refractivity contribution in [1.82, 2.24) is 10.4 Å². The second kappa shape index (κ2) is 6.06. The summed E-state index contributed by atoms with van der Waals surface area (Å²) in [6.45, 7) is 5.64. The third kappa shape index (κ3) is 2.84. The highest BCUT2D eigenvalue weighted by Crippen LogP contribution is 2.47. The smallest absolute Gasteiger partial charge is 0.430 e. The fourth-order valence-electron chi connectivity index (χ4n) is 3.47. The van der Waals surface area contributed by atoms with E-state index in [1.54, 1.807) is 23.5 Å². The summed E-state index contributed by atoms with van der Waals surface area (Å²) < 4.78 is 11.0. The lowest BCUT2D eigenvalue weighted by molar-refractivity contribution is 0.0142. The Morgan fingerprint density at radius 3 is 2.77 bits per heavy atom. The van der Waals surface area contributed by atoms with E-state index in [0.29, 0.717) is 0 Å². The number of carbonyl (C=O) groups excluding carboxylic acids is 1. The van der Waals surface area contributed by atoms with Gasteiger partial charge in [0.1, 0.15) is 17.4 Å². The molecule has 1 aromatic carbocycles. The largest absolute Gasteiger partial charge is 0.497 e. The first-order valence-corrected chi connectivity index (χ1v) is 9.48. The molecule has 4 rings (SSSR count). The summed E-state index contributed by atoms with van der Waals surface area (Å²) in [5.41, 5.74) is 7.30. The number of nitrogens with one attached hydrogen (secondary N) is 1. The molecule has 0 spiro atoms. The number of thiophene rings is 1. The molecule has 2 aliphatic rings. The van der Waals surface area contributed by atoms with Crippen LogP contribution >= 0.6 is 11.3 Å². The Kier molecular flexibility index (Phi) is 3.95. The molecule has 2 aromatic rings. The minimum absolute atomic E-state index is 0.154. The number of hydrogen-bond acceptors (Lipinski definition) is 5. The molecule has 0 fully saturated rings. The first-order chi connectivity index (χ1) is 12.4. The highest BCUT2D eigenvalue weighted by atomic mass is 32.1. The molecule has 1 aliphatic carbocycles. The number of ether oxygens (including phenoxy) is 2. The van der Waals surface area contributed by atoms with E-state index in [1.165, 1.54) is 11.1 Å². The van der Waals surface area contributed by atoms with Crippen LogP contribution in [0, 0.1) is 0 Å². The zero-order valence-corrected chi connectivity index (χ0v) is 16.1. The van der Waals surface area contributed by atoms with Gasteiger partial charge in [-0.15, -0.1) is 11.3 Å². The van der Waals surface area contributed by atoms with Crippen molar-refractivity contribution in [3.63, 3.8) is 0 Å². The van der Waals surface area contributed by atoms with Crippen molar-refractivity contribution in [3.8, 4) is 5.75 Å². The molecule has 1 amide bonds. The molecule has 1 N–H and O–H groups in total. The lowest BCUT2D eigenvalue weighted by Gasteiger charge is -2.30. The molecular formula is C20H22N2O3S. The number of rotatable bonds is 2. The fraction of sp³-hybridized carbons (Fsp3) is 0.350. The van der Waals surface area contributed by atoms with E-state index >= 15 is 0 Å². The Hall–Kier alpha value is -2.47. The van der Waals surface area contributed by atoms with Gasteiger partial charge in [-0.1, -0.05) is 6.07 Å². The van der Waals surface area contributed by atoms with Crippen LogP contribution in [-0.4, -0.2) is 23.8 Å². The van der Waals surface area contributed by atoms with Gasteiger partial charge in [0.2, 0.25) is 0 Å². The normalized spacial score (nSPS) is 18.5. The highest BCUT2D eigenvalue weighted by molar-refractivity contribution is 7.10. The van der Waals surface area contributed by atoms with Crippen LogP contribution in [0.5, 0.6) is 5.75 Å². The quantitative estimate of drug-likeness (QED) is 0.844. The molecule has 1 aromatic heterocycles. The maximum Gasteiger partial charge on any atom is 0.430 e. The molecular weight excluding hydrogens is 348 g/mol. The number of amides is 1. The van der Waals surface area contributed by atoms with Crippen LogP contribution in [0.15, 0.2) is 41.3 Å². The predicted molar refractivity (Wildman–Crippen MR) is 102 cm³/mol. The van der Waals surface area contributed by atoms with Gasteiger partial charge in [0.25, 0.3) is 0 Å². The van der Waals surface area contributed by atoms with E-state index in [4.69, 9.17) is 9.47 Å². The summed E-state index contributed by atoms with van der Waals surface area (Å²) in [6, 6.07) is 9.99. The number of hydrazine groups is 1. The lowest BCUT2D eigenvalue weighted by Crippen LogP contribution is -2.43. The monoisotopic (exact) mass is 370 g/mol. The average Bonchev–Trinajstić information content (AvgIpc) is 3.26. The molecule has 1 unspecified atom stereocenters. The van der Waals surface area contributed by atoms with Crippen LogP contribution in [0.3, 0.4) is 0 Å². The van der Waals surface area contributed by atoms with Gasteiger partial charge in [0.05, 0.1) is 12.8 Å². The number of fused-ring (bicyclic) bond motifs is 2. The highest BCUT2D eigenvalue weighted by Gasteiger charge is 2.43. The maximum absolute atomic E-state index is 12.8. The standard InChI is InChI=1S/C20H22N2O3S/c1-20(2,3)25-19(23)22-18(16-6-5-9-26-16)15-11-12-10-13(24-4)7-8-14(12)17(15)21-22/h5-10,18,21H,11H2,1-4H3. The minimum atomic E-state index is -0.545. The second-order valence-electron chi connectivity index (χ2n) is 7.48. The minimum Gasteiger partial charge on any atom is -0.497 e. The maximum atomic E-state index is 12.8. The van der Waals surface area contributed by atoms with Crippen LogP contribution in [-0.2, 0) is 11.2 Å². The Labute approximate surface area is 157 Å². The van der Waals surface area contributed by atoms with E-state index in [2.05, 4.69) is 17.6 Å². The number of benzene rings is 1. The van der Waals surface area contributed by atoms with Crippen LogP contribution < -0.4 is 10.2 Å². The predicted octanol–water partition coefficient (Wildman–Crippen LogP) is 4.52. The SMILES string of the molecule is COc1ccc2c(c1)CC1=C2NN(C(=O)OC(C)(C)C)C1c1cccs1. The molecule has 0 saturated heterocycles. The summed E-state index contributed by atoms with van der Waals surface area (Å²) in [5.74, 6) is 0.849. The Morgan fingerprint density at radius 1 is 1.31 bits per heavy atom. The molecule has 0 saturated carbocycles. The van der Waals surface area contributed by atoms with Crippen molar-refractivity contribution in [2.24, 2.45) is 0 Å². The van der Waals surface area contributed by atoms with Gasteiger partial charge in [-0.3, -0.25) is 5.43 Å². The summed E-state index contributed by atoms with van der Waals surface area (Å²) in [7, 11) is 1.68. The third-order valence-electron chi connectivity index (χ3n) is 4.51. The third-order valence-corrected chi connectivity index (χ3v) is 5.43. The number of nitrogens with zero attached hydrogens (tertiary/aromatic N) is 1. The van der Waals surface area contributed by atoms with E-state index < -0.39 is 5.60 Å². The number of hydrogen-bond donors (Lipinski definition) is 1. The van der Waals surface area contributed by atoms with E-state index in [1.807, 2.05) is 44.4 Å². The van der Waals surface area contributed by atoms with Gasteiger partial charge < -0.3 is 9.47 Å². The Balaban J connectivity index is 1.71. The molecule has 26 heavy (non-hydrogen) atoms. The van der Waals surface area contributed by atoms with Crippen molar-refractivity contribution >= 4 is 23.1 Å². The summed E-state index contributed by atoms with van der Waals surface area (Å²) in [6.07, 6.45) is 0.428. The summed E-state index contributed by atoms with van der Waals surface area (Å²) in [4.78, 5) is 13.9. The van der Waals surface area contributed by atoms with Gasteiger partial charge in [0.15, 0.2) is 0 Å². The molecule has 2 heterocycles. The lowest BCUT2D eigenvalue weighted by atomic mass is 10.0. The van der Waals surface area contributed by atoms with Gasteiger partial charge >= 0.3 is 6.09 Å². The van der Waals surface area contributed by atoms with Crippen molar-refractivity contribution < 1.29 is 14.3 Å². The van der Waals surface area contributed by atoms with E-state index in [9.17, 15) is 4.79 Å². The average molecular weight is 370 g/mol. The van der Waals surface area contributed by atoms with Crippen molar-refractivity contribution in [2.75, 3.05) is 7.11 Å². The fourth-order valence-corrected chi connectivity index (χ4v) is 4.32. The topological polar surface area (TPSA) is 50.8 Å². The molecule has 6 heteroatoms. The van der Waals surface area contributed by atoms with Crippen molar-refractivity contribution in [3.05, 3.63) is 57.3 Å². The van der Waals surface area contributed by atoms with Crippen LogP contribution in [0.4, 0.5) is 4.79 Å². The first kappa shape index (κ1) is 17.0. The molecule has 0 radical (unpaired) electrons. The summed E-state index contributed by atoms with van der Waals surface area (Å²) in [5, 5.41) is 3.65. The molecule has 1 atom stereocenters. The summed E-state index contributed by atoms with van der Waals surface area (Å²) >= 11 is 1.65.